The molecule has 0 aromatic heterocycles. The fraction of sp³-hybridized carbons (Fsp3) is 0.796. The Bertz CT molecular complexity index is 1150. The predicted molar refractivity (Wildman–Crippen MR) is 259 cm³/mol. The van der Waals surface area contributed by atoms with E-state index in [0.717, 1.165) is 64.2 Å². The van der Waals surface area contributed by atoms with Crippen LogP contribution < -0.4 is 5.11 Å². The molecular weight excluding hydrogens is 775 g/mol. The number of aliphatic carboxylic acids is 1. The van der Waals surface area contributed by atoms with Gasteiger partial charge in [0.15, 0.2) is 6.10 Å². The molecule has 2 atom stereocenters. The quantitative estimate of drug-likeness (QED) is 0.0260. The Kier molecular flexibility index (Phi) is 42.9. The van der Waals surface area contributed by atoms with Crippen molar-refractivity contribution in [2.45, 2.75) is 238 Å². The number of carboxylic acids is 1. The van der Waals surface area contributed by atoms with Gasteiger partial charge < -0.3 is 28.6 Å². The van der Waals surface area contributed by atoms with Gasteiger partial charge in [-0.3, -0.25) is 9.59 Å². The van der Waals surface area contributed by atoms with E-state index in [0.29, 0.717) is 12.8 Å². The topological polar surface area (TPSA) is 102 Å². The molecule has 0 bridgehead atoms. The van der Waals surface area contributed by atoms with Crippen molar-refractivity contribution in [3.8, 4) is 0 Å². The minimum Gasteiger partial charge on any atom is -0.544 e. The highest BCUT2D eigenvalue weighted by molar-refractivity contribution is 5.70. The van der Waals surface area contributed by atoms with E-state index in [4.69, 9.17) is 14.2 Å². The molecule has 0 aliphatic rings. The molecule has 0 fully saturated rings. The van der Waals surface area contributed by atoms with Crippen LogP contribution in [0.1, 0.15) is 226 Å². The third kappa shape index (κ3) is 42.6. The molecule has 0 saturated carbocycles. The fourth-order valence-corrected chi connectivity index (χ4v) is 7.49. The number of hydrogen-bond acceptors (Lipinski definition) is 7. The number of carbonyl (C=O) groups is 3. The lowest BCUT2D eigenvalue weighted by Crippen LogP contribution is -2.55. The number of ether oxygens (including phenoxy) is 3. The van der Waals surface area contributed by atoms with Crippen molar-refractivity contribution in [3.63, 3.8) is 0 Å². The van der Waals surface area contributed by atoms with E-state index in [-0.39, 0.29) is 42.7 Å². The highest BCUT2D eigenvalue weighted by atomic mass is 16.6. The van der Waals surface area contributed by atoms with Crippen LogP contribution in [0.4, 0.5) is 0 Å². The highest BCUT2D eigenvalue weighted by Gasteiger charge is 2.25. The van der Waals surface area contributed by atoms with Crippen molar-refractivity contribution >= 4 is 17.9 Å². The Morgan fingerprint density at radius 3 is 1.32 bits per heavy atom. The molecule has 0 aliphatic heterocycles. The summed E-state index contributed by atoms with van der Waals surface area (Å²) in [5.74, 6) is -1.74. The third-order valence-electron chi connectivity index (χ3n) is 11.4. The van der Waals surface area contributed by atoms with Crippen molar-refractivity contribution in [3.05, 3.63) is 48.6 Å². The van der Waals surface area contributed by atoms with E-state index in [9.17, 15) is 19.5 Å². The summed E-state index contributed by atoms with van der Waals surface area (Å²) < 4.78 is 17.2. The largest absolute Gasteiger partial charge is 0.544 e. The highest BCUT2D eigenvalue weighted by Crippen LogP contribution is 2.16. The molecular formula is C54H97NO7. The third-order valence-corrected chi connectivity index (χ3v) is 11.4. The van der Waals surface area contributed by atoms with Gasteiger partial charge in [-0.15, -0.1) is 0 Å². The molecule has 0 aromatic carbocycles. The summed E-state index contributed by atoms with van der Waals surface area (Å²) in [7, 11) is 5.41. The summed E-state index contributed by atoms with van der Waals surface area (Å²) in [5, 5.41) is 11.7. The standard InChI is InChI=1S/C54H97NO7/c1-6-8-10-12-14-16-18-20-22-24-25-26-27-29-30-32-34-36-38-40-42-44-52(56)61-49-50(48-60-47-46-51(54(58)59)55(3,4)5)62-53(57)45-43-41-39-37-35-33-31-28-23-21-19-17-15-13-11-9-7-2/h8,10,14-17,21,23,50-51H,6-7,9,11-13,18-20,22,24-49H2,1-5H3/b10-8+,16-14+,17-15+,23-21+. The second-order valence-electron chi connectivity index (χ2n) is 18.4. The van der Waals surface area contributed by atoms with Crippen molar-refractivity contribution in [1.29, 1.82) is 0 Å². The van der Waals surface area contributed by atoms with Crippen molar-refractivity contribution in [1.82, 2.24) is 0 Å². The molecule has 62 heavy (non-hydrogen) atoms. The molecule has 0 saturated heterocycles. The van der Waals surface area contributed by atoms with E-state index in [2.05, 4.69) is 62.5 Å². The SMILES string of the molecule is CC/C=C/C/C=C/CCCCCCCCCCCCCCCCC(=O)OCC(COCCC(C(=O)[O-])[N+](C)(C)C)OC(=O)CCCCCCCCC/C=C/C/C=C/CCCCC. The number of allylic oxidation sites excluding steroid dienone is 8. The van der Waals surface area contributed by atoms with Crippen LogP contribution in [0.3, 0.4) is 0 Å². The van der Waals surface area contributed by atoms with Crippen LogP contribution in [0.2, 0.25) is 0 Å². The zero-order valence-electron chi connectivity index (χ0n) is 41.0. The first-order valence-corrected chi connectivity index (χ1v) is 25.7. The zero-order chi connectivity index (χ0) is 45.6. The molecule has 0 amide bonds. The van der Waals surface area contributed by atoms with E-state index in [1.807, 2.05) is 0 Å². The number of rotatable bonds is 46. The van der Waals surface area contributed by atoms with Gasteiger partial charge >= 0.3 is 11.9 Å². The van der Waals surface area contributed by atoms with Gasteiger partial charge in [-0.2, -0.15) is 0 Å². The van der Waals surface area contributed by atoms with Crippen molar-refractivity contribution in [2.75, 3.05) is 41.0 Å². The first-order chi connectivity index (χ1) is 30.1. The molecule has 0 aliphatic carbocycles. The average Bonchev–Trinajstić information content (AvgIpc) is 3.23. The maximum absolute atomic E-state index is 12.8. The first kappa shape index (κ1) is 59.3. The van der Waals surface area contributed by atoms with Crippen LogP contribution in [0, 0.1) is 0 Å². The minimum atomic E-state index is -1.13. The average molecular weight is 872 g/mol. The van der Waals surface area contributed by atoms with Crippen LogP contribution in [0.5, 0.6) is 0 Å². The molecule has 0 rings (SSSR count). The van der Waals surface area contributed by atoms with Crippen LogP contribution in [-0.4, -0.2) is 75.5 Å². The van der Waals surface area contributed by atoms with E-state index < -0.39 is 18.1 Å². The molecule has 8 nitrogen and oxygen atoms in total. The molecule has 0 radical (unpaired) electrons. The summed E-state index contributed by atoms with van der Waals surface area (Å²) in [6.45, 7) is 4.55. The van der Waals surface area contributed by atoms with Crippen LogP contribution in [-0.2, 0) is 28.6 Å². The number of carbonyl (C=O) groups excluding carboxylic acids is 3. The maximum Gasteiger partial charge on any atom is 0.306 e. The van der Waals surface area contributed by atoms with Gasteiger partial charge in [-0.1, -0.05) is 184 Å². The Morgan fingerprint density at radius 2 is 0.903 bits per heavy atom. The summed E-state index contributed by atoms with van der Waals surface area (Å²) in [6, 6.07) is -0.728. The maximum atomic E-state index is 12.8. The Morgan fingerprint density at radius 1 is 0.500 bits per heavy atom. The van der Waals surface area contributed by atoms with E-state index in [1.54, 1.807) is 21.1 Å². The van der Waals surface area contributed by atoms with E-state index >= 15 is 0 Å². The van der Waals surface area contributed by atoms with Gasteiger partial charge in [-0.25, -0.2) is 0 Å². The predicted octanol–water partition coefficient (Wildman–Crippen LogP) is 13.4. The molecule has 360 valence electrons. The van der Waals surface area contributed by atoms with Gasteiger partial charge in [-0.05, 0) is 70.6 Å². The van der Waals surface area contributed by atoms with E-state index in [1.165, 1.54) is 128 Å². The number of quaternary nitrogens is 1. The number of hydrogen-bond donors (Lipinski definition) is 0. The molecule has 2 unspecified atom stereocenters. The normalized spacial score (nSPS) is 13.2. The lowest BCUT2D eigenvalue weighted by Gasteiger charge is -2.34. The van der Waals surface area contributed by atoms with Gasteiger partial charge in [0.1, 0.15) is 12.6 Å². The Labute approximate surface area is 382 Å². The summed E-state index contributed by atoms with van der Waals surface area (Å²) in [4.78, 5) is 37.0. The fourth-order valence-electron chi connectivity index (χ4n) is 7.49. The summed E-state index contributed by atoms with van der Waals surface area (Å²) in [6.07, 6.45) is 54.2. The van der Waals surface area contributed by atoms with Crippen LogP contribution >= 0.6 is 0 Å². The second kappa shape index (κ2) is 44.9. The zero-order valence-corrected chi connectivity index (χ0v) is 41.0. The summed E-state index contributed by atoms with van der Waals surface area (Å²) in [5.41, 5.74) is 0. The monoisotopic (exact) mass is 872 g/mol. The minimum absolute atomic E-state index is 0.0384. The second-order valence-corrected chi connectivity index (χ2v) is 18.4. The smallest absolute Gasteiger partial charge is 0.306 e. The van der Waals surface area contributed by atoms with Gasteiger partial charge in [0.05, 0.1) is 40.3 Å². The number of unbranched alkanes of at least 4 members (excludes halogenated alkanes) is 24. The van der Waals surface area contributed by atoms with Crippen molar-refractivity contribution in [2.24, 2.45) is 0 Å². The van der Waals surface area contributed by atoms with Gasteiger partial charge in [0.2, 0.25) is 0 Å². The molecule has 0 spiro atoms. The van der Waals surface area contributed by atoms with Crippen LogP contribution in [0.25, 0.3) is 0 Å². The van der Waals surface area contributed by atoms with Gasteiger partial charge in [0.25, 0.3) is 0 Å². The van der Waals surface area contributed by atoms with Gasteiger partial charge in [0, 0.05) is 19.3 Å². The lowest BCUT2D eigenvalue weighted by atomic mass is 10.0. The number of nitrogens with zero attached hydrogens (tertiary/aromatic N) is 1. The Balaban J connectivity index is 4.22. The number of esters is 2. The Hall–Kier alpha value is -2.71. The number of likely N-dealkylation sites (N-methyl/N-ethyl adjacent to an activating group) is 1. The molecule has 0 N–H and O–H groups in total. The molecule has 8 heteroatoms. The number of carboxylic acid groups (broad SMARTS) is 1. The first-order valence-electron chi connectivity index (χ1n) is 25.7. The van der Waals surface area contributed by atoms with Crippen LogP contribution in [0.15, 0.2) is 48.6 Å². The lowest BCUT2D eigenvalue weighted by molar-refractivity contribution is -0.889. The molecule has 0 aromatic rings. The van der Waals surface area contributed by atoms with Crippen molar-refractivity contribution < 1.29 is 38.2 Å². The molecule has 0 heterocycles. The summed E-state index contributed by atoms with van der Waals surface area (Å²) >= 11 is 0.